The molecule has 0 spiro atoms. The number of carbonyl (C=O) groups is 1. The van der Waals surface area contributed by atoms with Crippen molar-refractivity contribution < 1.29 is 18.0 Å². The molecule has 2 N–H and O–H groups in total. The Labute approximate surface area is 149 Å². The molecule has 2 aromatic rings. The summed E-state index contributed by atoms with van der Waals surface area (Å²) in [6.07, 6.45) is 2.31. The number of anilines is 2. The lowest BCUT2D eigenvalue weighted by molar-refractivity contribution is -0.136. The van der Waals surface area contributed by atoms with E-state index in [4.69, 9.17) is 0 Å². The molecule has 0 radical (unpaired) electrons. The molecule has 0 atom stereocenters. The number of aromatic nitrogens is 1. The van der Waals surface area contributed by atoms with Crippen LogP contribution in [0.4, 0.5) is 24.7 Å². The Balaban J connectivity index is 1.67. The van der Waals surface area contributed by atoms with Crippen LogP contribution in [0.5, 0.6) is 0 Å². The van der Waals surface area contributed by atoms with Crippen LogP contribution in [-0.4, -0.2) is 16.9 Å². The minimum atomic E-state index is -4.45. The highest BCUT2D eigenvalue weighted by molar-refractivity contribution is 5.94. The maximum absolute atomic E-state index is 13.0. The minimum absolute atomic E-state index is 0.0769. The summed E-state index contributed by atoms with van der Waals surface area (Å²) in [5.74, 6) is 0.0440. The molecule has 1 saturated carbocycles. The van der Waals surface area contributed by atoms with Gasteiger partial charge in [-0.2, -0.15) is 13.2 Å². The fourth-order valence-electron chi connectivity index (χ4n) is 3.10. The number of pyridine rings is 1. The molecule has 0 bridgehead atoms. The first-order chi connectivity index (χ1) is 12.4. The van der Waals surface area contributed by atoms with Crippen molar-refractivity contribution in [3.8, 4) is 0 Å². The predicted molar refractivity (Wildman–Crippen MR) is 93.3 cm³/mol. The number of amides is 1. The molecular weight excluding hydrogens is 343 g/mol. The van der Waals surface area contributed by atoms with E-state index in [-0.39, 0.29) is 23.5 Å². The lowest BCUT2D eigenvalue weighted by atomic mass is 9.95. The molecule has 0 saturated heterocycles. The van der Waals surface area contributed by atoms with Gasteiger partial charge in [0.2, 0.25) is 0 Å². The Morgan fingerprint density at radius 3 is 2.42 bits per heavy atom. The summed E-state index contributed by atoms with van der Waals surface area (Å²) >= 11 is 0. The number of para-hydroxylation sites is 1. The molecular formula is C19H20F3N3O. The van der Waals surface area contributed by atoms with E-state index in [2.05, 4.69) is 15.6 Å². The van der Waals surface area contributed by atoms with E-state index >= 15 is 0 Å². The van der Waals surface area contributed by atoms with E-state index in [9.17, 15) is 18.0 Å². The first-order valence-corrected chi connectivity index (χ1v) is 8.63. The Kier molecular flexibility index (Phi) is 5.44. The van der Waals surface area contributed by atoms with Crippen LogP contribution in [0.3, 0.4) is 0 Å². The van der Waals surface area contributed by atoms with Crippen molar-refractivity contribution in [3.05, 3.63) is 53.7 Å². The molecule has 1 aliphatic rings. The first-order valence-electron chi connectivity index (χ1n) is 8.63. The Bertz CT molecular complexity index is 753. The lowest BCUT2D eigenvalue weighted by Gasteiger charge is -2.22. The third-order valence-electron chi connectivity index (χ3n) is 4.46. The Morgan fingerprint density at radius 1 is 1.04 bits per heavy atom. The topological polar surface area (TPSA) is 54.0 Å². The molecule has 1 fully saturated rings. The van der Waals surface area contributed by atoms with Gasteiger partial charge in [0.1, 0.15) is 5.82 Å². The third kappa shape index (κ3) is 4.53. The zero-order valence-corrected chi connectivity index (χ0v) is 14.1. The van der Waals surface area contributed by atoms with Crippen LogP contribution in [0.2, 0.25) is 0 Å². The summed E-state index contributed by atoms with van der Waals surface area (Å²) in [6, 6.07) is 8.45. The number of halogens is 3. The quantitative estimate of drug-likeness (QED) is 0.812. The number of hydrogen-bond donors (Lipinski definition) is 2. The van der Waals surface area contributed by atoms with Crippen molar-refractivity contribution in [3.63, 3.8) is 0 Å². The average molecular weight is 363 g/mol. The van der Waals surface area contributed by atoms with E-state index in [1.807, 2.05) is 0 Å². The lowest BCUT2D eigenvalue weighted by Crippen LogP contribution is -2.36. The number of rotatable bonds is 4. The van der Waals surface area contributed by atoms with Gasteiger partial charge in [-0.25, -0.2) is 4.98 Å². The van der Waals surface area contributed by atoms with Gasteiger partial charge in [0.05, 0.1) is 16.8 Å². The zero-order valence-electron chi connectivity index (χ0n) is 14.1. The highest BCUT2D eigenvalue weighted by Crippen LogP contribution is 2.35. The summed E-state index contributed by atoms with van der Waals surface area (Å²) in [5, 5.41) is 5.65. The number of benzene rings is 1. The maximum Gasteiger partial charge on any atom is 0.418 e. The summed E-state index contributed by atoms with van der Waals surface area (Å²) in [6.45, 7) is 0. The van der Waals surface area contributed by atoms with Crippen LogP contribution in [0, 0.1) is 0 Å². The van der Waals surface area contributed by atoms with Gasteiger partial charge in [0.25, 0.3) is 5.91 Å². The van der Waals surface area contributed by atoms with E-state index in [1.54, 1.807) is 6.07 Å². The smallest absolute Gasteiger partial charge is 0.349 e. The Hall–Kier alpha value is -2.57. The fraction of sp³-hybridized carbons (Fsp3) is 0.368. The number of alkyl halides is 3. The zero-order chi connectivity index (χ0) is 18.6. The maximum atomic E-state index is 13.0. The molecule has 138 valence electrons. The number of nitrogens with zero attached hydrogens (tertiary/aromatic N) is 1. The molecule has 4 nitrogen and oxygen atoms in total. The summed E-state index contributed by atoms with van der Waals surface area (Å²) in [7, 11) is 0. The number of nitrogens with one attached hydrogen (secondary N) is 2. The van der Waals surface area contributed by atoms with Gasteiger partial charge in [-0.05, 0) is 37.1 Å². The molecule has 3 rings (SSSR count). The van der Waals surface area contributed by atoms with Crippen LogP contribution < -0.4 is 10.6 Å². The first kappa shape index (κ1) is 18.2. The number of carbonyl (C=O) groups excluding carboxylic acids is 1. The van der Waals surface area contributed by atoms with Crippen molar-refractivity contribution in [2.24, 2.45) is 0 Å². The molecule has 7 heteroatoms. The highest BCUT2D eigenvalue weighted by atomic mass is 19.4. The van der Waals surface area contributed by atoms with Crippen LogP contribution in [0.25, 0.3) is 0 Å². The fourth-order valence-corrected chi connectivity index (χ4v) is 3.10. The minimum Gasteiger partial charge on any atom is -0.349 e. The van der Waals surface area contributed by atoms with Gasteiger partial charge in [-0.3, -0.25) is 4.79 Å². The van der Waals surface area contributed by atoms with Gasteiger partial charge in [-0.15, -0.1) is 0 Å². The van der Waals surface area contributed by atoms with Crippen molar-refractivity contribution in [2.45, 2.75) is 44.3 Å². The molecule has 1 aliphatic carbocycles. The third-order valence-corrected chi connectivity index (χ3v) is 4.46. The molecule has 1 aromatic carbocycles. The standard InChI is InChI=1S/C19H20F3N3O/c20-19(21,22)15-8-4-5-9-16(15)25-17-11-10-13(12-23-17)18(26)24-14-6-2-1-3-7-14/h4-5,8-12,14H,1-3,6-7H2,(H,23,25)(H,24,26). The van der Waals surface area contributed by atoms with Gasteiger partial charge in [0, 0.05) is 12.2 Å². The number of hydrogen-bond acceptors (Lipinski definition) is 3. The summed E-state index contributed by atoms with van der Waals surface area (Å²) in [5.41, 5.74) is -0.446. The highest BCUT2D eigenvalue weighted by Gasteiger charge is 2.33. The van der Waals surface area contributed by atoms with Crippen LogP contribution in [0.15, 0.2) is 42.6 Å². The van der Waals surface area contributed by atoms with Gasteiger partial charge in [0.15, 0.2) is 0 Å². The second-order valence-electron chi connectivity index (χ2n) is 6.41. The molecule has 1 aromatic heterocycles. The van der Waals surface area contributed by atoms with Crippen LogP contribution >= 0.6 is 0 Å². The van der Waals surface area contributed by atoms with Crippen molar-refractivity contribution in [1.82, 2.24) is 10.3 Å². The second-order valence-corrected chi connectivity index (χ2v) is 6.41. The molecule has 26 heavy (non-hydrogen) atoms. The second kappa shape index (κ2) is 7.76. The molecule has 0 unspecified atom stereocenters. The van der Waals surface area contributed by atoms with Crippen molar-refractivity contribution >= 4 is 17.4 Å². The van der Waals surface area contributed by atoms with E-state index in [1.165, 1.54) is 36.9 Å². The Morgan fingerprint density at radius 2 is 1.77 bits per heavy atom. The largest absolute Gasteiger partial charge is 0.418 e. The van der Waals surface area contributed by atoms with Crippen LogP contribution in [0.1, 0.15) is 48.0 Å². The SMILES string of the molecule is O=C(NC1CCCCC1)c1ccc(Nc2ccccc2C(F)(F)F)nc1. The summed E-state index contributed by atoms with van der Waals surface area (Å²) in [4.78, 5) is 16.3. The van der Waals surface area contributed by atoms with E-state index in [0.717, 1.165) is 31.7 Å². The van der Waals surface area contributed by atoms with Gasteiger partial charge >= 0.3 is 6.18 Å². The van der Waals surface area contributed by atoms with Crippen LogP contribution in [-0.2, 0) is 6.18 Å². The predicted octanol–water partition coefficient (Wildman–Crippen LogP) is 4.91. The van der Waals surface area contributed by atoms with Crippen molar-refractivity contribution in [2.75, 3.05) is 5.32 Å². The van der Waals surface area contributed by atoms with E-state index in [0.29, 0.717) is 5.56 Å². The average Bonchev–Trinajstić information content (AvgIpc) is 2.63. The molecule has 1 amide bonds. The molecule has 1 heterocycles. The van der Waals surface area contributed by atoms with Gasteiger partial charge in [-0.1, -0.05) is 31.4 Å². The normalized spacial score (nSPS) is 15.5. The molecule has 0 aliphatic heterocycles. The summed E-state index contributed by atoms with van der Waals surface area (Å²) < 4.78 is 39.1. The monoisotopic (exact) mass is 363 g/mol. The van der Waals surface area contributed by atoms with E-state index < -0.39 is 11.7 Å². The van der Waals surface area contributed by atoms with Crippen molar-refractivity contribution in [1.29, 1.82) is 0 Å². The van der Waals surface area contributed by atoms with Gasteiger partial charge < -0.3 is 10.6 Å².